The molecule has 0 spiro atoms. The summed E-state index contributed by atoms with van der Waals surface area (Å²) in [7, 11) is 0. The maximum Gasteiger partial charge on any atom is 0.267 e. The molecule has 1 amide bonds. The molecule has 112 valence electrons. The second kappa shape index (κ2) is 5.74. The maximum absolute atomic E-state index is 13.5. The van der Waals surface area contributed by atoms with Crippen LogP contribution in [-0.2, 0) is 11.3 Å². The van der Waals surface area contributed by atoms with E-state index in [4.69, 9.17) is 9.62 Å². The Morgan fingerprint density at radius 2 is 2.36 bits per heavy atom. The van der Waals surface area contributed by atoms with E-state index < -0.39 is 11.7 Å². The van der Waals surface area contributed by atoms with Crippen LogP contribution in [0.15, 0.2) is 34.9 Å². The lowest BCUT2D eigenvalue weighted by Crippen LogP contribution is -2.14. The number of benzene rings is 1. The van der Waals surface area contributed by atoms with Crippen LogP contribution >= 0.6 is 0 Å². The average molecular weight is 303 g/mol. The second-order valence-corrected chi connectivity index (χ2v) is 4.34. The summed E-state index contributed by atoms with van der Waals surface area (Å²) in [5.41, 5.74) is 2.39. The van der Waals surface area contributed by atoms with Crippen molar-refractivity contribution in [1.82, 2.24) is 25.5 Å². The molecule has 0 saturated heterocycles. The molecule has 8 nitrogen and oxygen atoms in total. The Hall–Kier alpha value is -3.07. The first-order valence-electron chi connectivity index (χ1n) is 6.22. The molecule has 22 heavy (non-hydrogen) atoms. The maximum atomic E-state index is 13.5. The Balaban J connectivity index is 1.78. The van der Waals surface area contributed by atoms with E-state index in [1.807, 2.05) is 0 Å². The topological polar surface area (TPSA) is 106 Å². The predicted molar refractivity (Wildman–Crippen MR) is 72.1 cm³/mol. The van der Waals surface area contributed by atoms with Crippen molar-refractivity contribution < 1.29 is 18.8 Å². The Kier molecular flexibility index (Phi) is 3.62. The number of aromatic nitrogens is 4. The fourth-order valence-electron chi connectivity index (χ4n) is 1.83. The summed E-state index contributed by atoms with van der Waals surface area (Å²) in [6, 6.07) is 4.47. The molecule has 9 heteroatoms. The molecule has 0 saturated carbocycles. The van der Waals surface area contributed by atoms with Gasteiger partial charge in [-0.3, -0.25) is 10.0 Å². The first kappa shape index (κ1) is 13.9. The van der Waals surface area contributed by atoms with Gasteiger partial charge >= 0.3 is 0 Å². The van der Waals surface area contributed by atoms with Crippen LogP contribution in [0.1, 0.15) is 11.6 Å². The van der Waals surface area contributed by atoms with Crippen molar-refractivity contribution in [3.63, 3.8) is 0 Å². The fraction of sp³-hybridized carbons (Fsp3) is 0.0769. The summed E-state index contributed by atoms with van der Waals surface area (Å²) >= 11 is 0. The van der Waals surface area contributed by atoms with Crippen molar-refractivity contribution in [3.8, 4) is 0 Å². The van der Waals surface area contributed by atoms with Gasteiger partial charge < -0.3 is 4.42 Å². The SMILES string of the molecule is O=C(C=Cc1cn(Cc2nc3c(F)cccc3o2)nn1)NO. The van der Waals surface area contributed by atoms with Crippen LogP contribution in [0.2, 0.25) is 0 Å². The van der Waals surface area contributed by atoms with Crippen molar-refractivity contribution in [2.75, 3.05) is 0 Å². The van der Waals surface area contributed by atoms with E-state index in [1.54, 1.807) is 12.3 Å². The average Bonchev–Trinajstić information content (AvgIpc) is 3.12. The Bertz CT molecular complexity index is 854. The van der Waals surface area contributed by atoms with Crippen LogP contribution in [-0.4, -0.2) is 31.1 Å². The van der Waals surface area contributed by atoms with Crippen LogP contribution in [0.4, 0.5) is 4.39 Å². The van der Waals surface area contributed by atoms with Gasteiger partial charge in [0.2, 0.25) is 5.89 Å². The third kappa shape index (κ3) is 2.83. The van der Waals surface area contributed by atoms with Crippen LogP contribution in [0.3, 0.4) is 0 Å². The van der Waals surface area contributed by atoms with E-state index in [-0.39, 0.29) is 18.0 Å². The first-order chi connectivity index (χ1) is 10.7. The number of oxazole rings is 1. The van der Waals surface area contributed by atoms with Gasteiger partial charge in [0.25, 0.3) is 5.91 Å². The quantitative estimate of drug-likeness (QED) is 0.425. The van der Waals surface area contributed by atoms with Crippen molar-refractivity contribution in [2.24, 2.45) is 0 Å². The lowest BCUT2D eigenvalue weighted by Gasteiger charge is -1.92. The van der Waals surface area contributed by atoms with E-state index in [0.29, 0.717) is 11.3 Å². The number of hydrogen-bond donors (Lipinski definition) is 2. The summed E-state index contributed by atoms with van der Waals surface area (Å²) in [6.07, 6.45) is 4.02. The van der Waals surface area contributed by atoms with Gasteiger partial charge in [-0.05, 0) is 18.2 Å². The first-order valence-corrected chi connectivity index (χ1v) is 6.22. The molecule has 0 radical (unpaired) electrons. The number of hydroxylamine groups is 1. The molecule has 3 rings (SSSR count). The molecular formula is C13H10FN5O3. The summed E-state index contributed by atoms with van der Waals surface area (Å²) < 4.78 is 20.4. The lowest BCUT2D eigenvalue weighted by atomic mass is 10.3. The molecule has 3 aromatic rings. The minimum atomic E-state index is -0.677. The zero-order chi connectivity index (χ0) is 15.5. The molecule has 0 unspecified atom stereocenters. The number of para-hydroxylation sites is 1. The smallest absolute Gasteiger partial charge is 0.267 e. The van der Waals surface area contributed by atoms with Gasteiger partial charge in [0.15, 0.2) is 11.4 Å². The van der Waals surface area contributed by atoms with Gasteiger partial charge in [-0.25, -0.2) is 19.5 Å². The minimum Gasteiger partial charge on any atom is -0.439 e. The van der Waals surface area contributed by atoms with E-state index in [2.05, 4.69) is 15.3 Å². The Morgan fingerprint density at radius 3 is 3.14 bits per heavy atom. The third-order valence-electron chi connectivity index (χ3n) is 2.78. The molecule has 0 atom stereocenters. The molecule has 0 aliphatic carbocycles. The largest absolute Gasteiger partial charge is 0.439 e. The molecule has 0 aliphatic heterocycles. The molecule has 2 aromatic heterocycles. The number of nitrogens with one attached hydrogen (secondary N) is 1. The molecule has 0 fully saturated rings. The Labute approximate surface area is 122 Å². The normalized spacial score (nSPS) is 11.4. The number of hydrogen-bond acceptors (Lipinski definition) is 6. The van der Waals surface area contributed by atoms with Gasteiger partial charge in [0.1, 0.15) is 17.8 Å². The monoisotopic (exact) mass is 303 g/mol. The fourth-order valence-corrected chi connectivity index (χ4v) is 1.83. The van der Waals surface area contributed by atoms with E-state index >= 15 is 0 Å². The highest BCUT2D eigenvalue weighted by Crippen LogP contribution is 2.18. The van der Waals surface area contributed by atoms with Gasteiger partial charge in [0, 0.05) is 6.08 Å². The van der Waals surface area contributed by atoms with Gasteiger partial charge in [-0.1, -0.05) is 11.3 Å². The molecule has 0 bridgehead atoms. The zero-order valence-corrected chi connectivity index (χ0v) is 11.1. The zero-order valence-electron chi connectivity index (χ0n) is 11.1. The van der Waals surface area contributed by atoms with Crippen LogP contribution < -0.4 is 5.48 Å². The third-order valence-corrected chi connectivity index (χ3v) is 2.78. The summed E-state index contributed by atoms with van der Waals surface area (Å²) in [6.45, 7) is 0.168. The predicted octanol–water partition coefficient (Wildman–Crippen LogP) is 1.13. The van der Waals surface area contributed by atoms with E-state index in [9.17, 15) is 9.18 Å². The second-order valence-electron chi connectivity index (χ2n) is 4.34. The number of amides is 1. The molecular weight excluding hydrogens is 293 g/mol. The van der Waals surface area contributed by atoms with Crippen LogP contribution in [0, 0.1) is 5.82 Å². The highest BCUT2D eigenvalue weighted by Gasteiger charge is 2.10. The van der Waals surface area contributed by atoms with Crippen molar-refractivity contribution in [3.05, 3.63) is 47.9 Å². The number of carbonyl (C=O) groups is 1. The number of halogens is 1. The van der Waals surface area contributed by atoms with Crippen molar-refractivity contribution >= 4 is 23.1 Å². The van der Waals surface area contributed by atoms with Gasteiger partial charge in [-0.15, -0.1) is 5.10 Å². The summed E-state index contributed by atoms with van der Waals surface area (Å²) in [5.74, 6) is -0.845. The Morgan fingerprint density at radius 1 is 1.50 bits per heavy atom. The highest BCUT2D eigenvalue weighted by atomic mass is 19.1. The van der Waals surface area contributed by atoms with Crippen LogP contribution in [0.25, 0.3) is 17.2 Å². The highest BCUT2D eigenvalue weighted by molar-refractivity contribution is 5.90. The number of fused-ring (bicyclic) bond motifs is 1. The van der Waals surface area contributed by atoms with E-state index in [1.165, 1.54) is 28.4 Å². The molecule has 0 aliphatic rings. The molecule has 2 N–H and O–H groups in total. The van der Waals surface area contributed by atoms with Crippen LogP contribution in [0.5, 0.6) is 0 Å². The standard InChI is InChI=1S/C13H10FN5O3/c14-9-2-1-3-10-13(9)15-12(22-10)7-19-6-8(16-18-19)4-5-11(20)17-21/h1-6,21H,7H2,(H,17,20). The number of nitrogens with zero attached hydrogens (tertiary/aromatic N) is 4. The molecule has 2 heterocycles. The lowest BCUT2D eigenvalue weighted by molar-refractivity contribution is -0.124. The molecule has 1 aromatic carbocycles. The van der Waals surface area contributed by atoms with Gasteiger partial charge in [0.05, 0.1) is 6.20 Å². The van der Waals surface area contributed by atoms with Crippen molar-refractivity contribution in [2.45, 2.75) is 6.54 Å². The number of rotatable bonds is 4. The van der Waals surface area contributed by atoms with Crippen molar-refractivity contribution in [1.29, 1.82) is 0 Å². The number of carbonyl (C=O) groups excluding carboxylic acids is 1. The summed E-state index contributed by atoms with van der Waals surface area (Å²) in [4.78, 5) is 14.9. The van der Waals surface area contributed by atoms with E-state index in [0.717, 1.165) is 6.08 Å². The minimum absolute atomic E-state index is 0.164. The summed E-state index contributed by atoms with van der Waals surface area (Å²) in [5, 5.41) is 16.0. The van der Waals surface area contributed by atoms with Gasteiger partial charge in [-0.2, -0.15) is 0 Å².